The zero-order chi connectivity index (χ0) is 12.5. The van der Waals surface area contributed by atoms with Crippen molar-refractivity contribution in [3.63, 3.8) is 0 Å². The van der Waals surface area contributed by atoms with Crippen molar-refractivity contribution in [2.45, 2.75) is 24.9 Å². The third kappa shape index (κ3) is 2.77. The lowest BCUT2D eigenvalue weighted by Gasteiger charge is -2.23. The highest BCUT2D eigenvalue weighted by Gasteiger charge is 2.31. The summed E-state index contributed by atoms with van der Waals surface area (Å²) in [5.41, 5.74) is -0.521. The fourth-order valence-electron chi connectivity index (χ4n) is 2.17. The molecule has 5 heteroatoms. The van der Waals surface area contributed by atoms with Crippen LogP contribution >= 0.6 is 0 Å². The smallest absolute Gasteiger partial charge is 0.317 e. The van der Waals surface area contributed by atoms with Crippen molar-refractivity contribution in [2.24, 2.45) is 0 Å². The summed E-state index contributed by atoms with van der Waals surface area (Å²) in [6.45, 7) is 1.57. The first-order valence-corrected chi connectivity index (χ1v) is 5.56. The Hall–Kier alpha value is -1.10. The van der Waals surface area contributed by atoms with Crippen molar-refractivity contribution < 1.29 is 17.6 Å². The Morgan fingerprint density at radius 3 is 2.29 bits per heavy atom. The number of piperidine rings is 1. The second kappa shape index (κ2) is 4.64. The molecule has 0 unspecified atom stereocenters. The second-order valence-electron chi connectivity index (χ2n) is 4.26. The van der Waals surface area contributed by atoms with Crippen LogP contribution in [0.25, 0.3) is 0 Å². The van der Waals surface area contributed by atoms with Gasteiger partial charge in [-0.15, -0.1) is 0 Å². The zero-order valence-electron chi connectivity index (χ0n) is 9.15. The topological polar surface area (TPSA) is 12.0 Å². The molecule has 17 heavy (non-hydrogen) atoms. The molecule has 0 radical (unpaired) electrons. The Morgan fingerprint density at radius 1 is 1.12 bits per heavy atom. The van der Waals surface area contributed by atoms with Crippen LogP contribution in [0.1, 0.15) is 29.9 Å². The summed E-state index contributed by atoms with van der Waals surface area (Å²) in [6.07, 6.45) is -2.95. The summed E-state index contributed by atoms with van der Waals surface area (Å²) in [5, 5.41) is 3.14. The van der Waals surface area contributed by atoms with Gasteiger partial charge < -0.3 is 5.32 Å². The first kappa shape index (κ1) is 12.4. The minimum Gasteiger partial charge on any atom is -0.317 e. The third-order valence-electron chi connectivity index (χ3n) is 3.11. The maximum absolute atomic E-state index is 13.6. The summed E-state index contributed by atoms with van der Waals surface area (Å²) in [4.78, 5) is 0. The van der Waals surface area contributed by atoms with Crippen molar-refractivity contribution in [1.82, 2.24) is 5.32 Å². The van der Waals surface area contributed by atoms with Crippen LogP contribution in [0.3, 0.4) is 0 Å². The summed E-state index contributed by atoms with van der Waals surface area (Å²) >= 11 is 0. The first-order valence-electron chi connectivity index (χ1n) is 5.56. The molecule has 1 aliphatic rings. The van der Waals surface area contributed by atoms with Crippen molar-refractivity contribution in [2.75, 3.05) is 13.1 Å². The molecular weight excluding hydrogens is 234 g/mol. The van der Waals surface area contributed by atoms with Gasteiger partial charge in [-0.05, 0) is 49.5 Å². The van der Waals surface area contributed by atoms with Gasteiger partial charge in [-0.1, -0.05) is 6.07 Å². The Bertz CT molecular complexity index is 394. The van der Waals surface area contributed by atoms with Crippen molar-refractivity contribution in [3.05, 3.63) is 35.1 Å². The lowest BCUT2D eigenvalue weighted by atomic mass is 9.89. The molecule has 0 bridgehead atoms. The fraction of sp³-hybridized carbons (Fsp3) is 0.500. The quantitative estimate of drug-likeness (QED) is 0.751. The van der Waals surface area contributed by atoms with E-state index < -0.39 is 17.6 Å². The van der Waals surface area contributed by atoms with E-state index in [-0.39, 0.29) is 5.92 Å². The molecule has 1 N–H and O–H groups in total. The number of nitrogens with one attached hydrogen (secondary N) is 1. The SMILES string of the molecule is Fc1cc(C(F)(F)F)ccc1C1CCNCC1. The van der Waals surface area contributed by atoms with Crippen molar-refractivity contribution in [1.29, 1.82) is 0 Å². The van der Waals surface area contributed by atoms with Crippen LogP contribution < -0.4 is 5.32 Å². The van der Waals surface area contributed by atoms with E-state index in [0.29, 0.717) is 11.6 Å². The molecule has 1 aliphatic heterocycles. The number of halogens is 4. The summed E-state index contributed by atoms with van der Waals surface area (Å²) < 4.78 is 50.7. The normalized spacial score (nSPS) is 18.4. The van der Waals surface area contributed by atoms with Gasteiger partial charge in [0.1, 0.15) is 5.82 Å². The second-order valence-corrected chi connectivity index (χ2v) is 4.26. The van der Waals surface area contributed by atoms with E-state index in [1.54, 1.807) is 0 Å². The fourth-order valence-corrected chi connectivity index (χ4v) is 2.17. The molecular formula is C12H13F4N. The molecule has 0 atom stereocenters. The van der Waals surface area contributed by atoms with E-state index in [1.165, 1.54) is 6.07 Å². The average Bonchev–Trinajstić information content (AvgIpc) is 2.29. The highest BCUT2D eigenvalue weighted by molar-refractivity contribution is 5.29. The van der Waals surface area contributed by atoms with Crippen molar-refractivity contribution in [3.8, 4) is 0 Å². The largest absolute Gasteiger partial charge is 0.416 e. The number of rotatable bonds is 1. The van der Waals surface area contributed by atoms with Gasteiger partial charge in [0.05, 0.1) is 5.56 Å². The van der Waals surface area contributed by atoms with E-state index in [1.807, 2.05) is 0 Å². The van der Waals surface area contributed by atoms with Crippen LogP contribution in [0.5, 0.6) is 0 Å². The van der Waals surface area contributed by atoms with Crippen LogP contribution in [0.15, 0.2) is 18.2 Å². The Morgan fingerprint density at radius 2 is 1.76 bits per heavy atom. The molecule has 0 saturated carbocycles. The molecule has 1 aromatic carbocycles. The standard InChI is InChI=1S/C12H13F4N/c13-11-7-9(12(14,15)16)1-2-10(11)8-3-5-17-6-4-8/h1-2,7-8,17H,3-6H2. The highest BCUT2D eigenvalue weighted by atomic mass is 19.4. The summed E-state index contributed by atoms with van der Waals surface area (Å²) in [7, 11) is 0. The minimum atomic E-state index is -4.48. The molecule has 1 nitrogen and oxygen atoms in total. The summed E-state index contributed by atoms with van der Waals surface area (Å²) in [5.74, 6) is -0.717. The monoisotopic (exact) mass is 247 g/mol. The predicted octanol–water partition coefficient (Wildman–Crippen LogP) is 3.31. The number of hydrogen-bond donors (Lipinski definition) is 1. The molecule has 0 spiro atoms. The van der Waals surface area contributed by atoms with Gasteiger partial charge in [0.25, 0.3) is 0 Å². The molecule has 2 rings (SSSR count). The molecule has 0 amide bonds. The van der Waals surface area contributed by atoms with E-state index in [2.05, 4.69) is 5.32 Å². The van der Waals surface area contributed by atoms with Gasteiger partial charge in [-0.2, -0.15) is 13.2 Å². The maximum atomic E-state index is 13.6. The molecule has 94 valence electrons. The average molecular weight is 247 g/mol. The third-order valence-corrected chi connectivity index (χ3v) is 3.11. The van der Waals surface area contributed by atoms with E-state index in [0.717, 1.165) is 32.0 Å². The Kier molecular flexibility index (Phi) is 3.38. The predicted molar refractivity (Wildman–Crippen MR) is 56.2 cm³/mol. The first-order chi connectivity index (χ1) is 7.98. The zero-order valence-corrected chi connectivity index (χ0v) is 9.15. The molecule has 1 heterocycles. The summed E-state index contributed by atoms with van der Waals surface area (Å²) in [6, 6.07) is 2.83. The highest BCUT2D eigenvalue weighted by Crippen LogP contribution is 2.33. The van der Waals surface area contributed by atoms with Crippen LogP contribution in [0.4, 0.5) is 17.6 Å². The maximum Gasteiger partial charge on any atom is 0.416 e. The lowest BCUT2D eigenvalue weighted by Crippen LogP contribution is -2.27. The van der Waals surface area contributed by atoms with E-state index in [4.69, 9.17) is 0 Å². The van der Waals surface area contributed by atoms with Crippen LogP contribution in [0, 0.1) is 5.82 Å². The number of benzene rings is 1. The van der Waals surface area contributed by atoms with Crippen LogP contribution in [-0.2, 0) is 6.18 Å². The van der Waals surface area contributed by atoms with Gasteiger partial charge in [-0.25, -0.2) is 4.39 Å². The number of hydrogen-bond acceptors (Lipinski definition) is 1. The minimum absolute atomic E-state index is 0.0264. The van der Waals surface area contributed by atoms with Gasteiger partial charge in [-0.3, -0.25) is 0 Å². The van der Waals surface area contributed by atoms with Gasteiger partial charge in [0, 0.05) is 0 Å². The Balaban J connectivity index is 2.25. The molecule has 1 aromatic rings. The lowest BCUT2D eigenvalue weighted by molar-refractivity contribution is -0.137. The molecule has 1 saturated heterocycles. The van der Waals surface area contributed by atoms with E-state index in [9.17, 15) is 17.6 Å². The molecule has 1 fully saturated rings. The molecule has 0 aliphatic carbocycles. The van der Waals surface area contributed by atoms with Crippen LogP contribution in [0.2, 0.25) is 0 Å². The van der Waals surface area contributed by atoms with Gasteiger partial charge in [0.15, 0.2) is 0 Å². The number of alkyl halides is 3. The van der Waals surface area contributed by atoms with Crippen LogP contribution in [-0.4, -0.2) is 13.1 Å². The van der Waals surface area contributed by atoms with Crippen molar-refractivity contribution >= 4 is 0 Å². The van der Waals surface area contributed by atoms with Gasteiger partial charge >= 0.3 is 6.18 Å². The Labute approximate surface area is 96.8 Å². The van der Waals surface area contributed by atoms with Gasteiger partial charge in [0.2, 0.25) is 0 Å². The molecule has 0 aromatic heterocycles. The van der Waals surface area contributed by atoms with E-state index >= 15 is 0 Å².